The number of carbonyl (C=O) groups is 1. The van der Waals surface area contributed by atoms with E-state index in [2.05, 4.69) is 13.8 Å². The molecule has 0 aliphatic heterocycles. The van der Waals surface area contributed by atoms with Crippen molar-refractivity contribution < 1.29 is 19.7 Å². The molecule has 120 valence electrons. The average Bonchev–Trinajstić information content (AvgIpc) is 2.34. The second-order valence-electron chi connectivity index (χ2n) is 6.41. The summed E-state index contributed by atoms with van der Waals surface area (Å²) in [7, 11) is 0. The van der Waals surface area contributed by atoms with Gasteiger partial charge < -0.3 is 5.11 Å². The molecule has 4 heteroatoms. The van der Waals surface area contributed by atoms with Crippen LogP contribution in [0.3, 0.4) is 0 Å². The molecule has 0 fully saturated rings. The van der Waals surface area contributed by atoms with Crippen LogP contribution < -0.4 is 0 Å². The largest absolute Gasteiger partial charge is 0.481 e. The summed E-state index contributed by atoms with van der Waals surface area (Å²) in [6.07, 6.45) is 6.11. The molecule has 0 aliphatic rings. The summed E-state index contributed by atoms with van der Waals surface area (Å²) in [5.41, 5.74) is -0.420. The van der Waals surface area contributed by atoms with Crippen LogP contribution in [0.4, 0.5) is 0 Å². The summed E-state index contributed by atoms with van der Waals surface area (Å²) < 4.78 is 0. The SMILES string of the molecule is CCCCCC(OOC(C)(C)C)C(CCCC)C(=O)O. The van der Waals surface area contributed by atoms with Crippen molar-refractivity contribution in [2.24, 2.45) is 5.92 Å². The predicted molar refractivity (Wildman–Crippen MR) is 80.5 cm³/mol. The molecule has 0 aromatic rings. The lowest BCUT2D eigenvalue weighted by Crippen LogP contribution is -2.33. The van der Waals surface area contributed by atoms with E-state index in [9.17, 15) is 9.90 Å². The maximum Gasteiger partial charge on any atom is 0.309 e. The first-order valence-electron chi connectivity index (χ1n) is 7.89. The summed E-state index contributed by atoms with van der Waals surface area (Å²) in [6, 6.07) is 0. The third-order valence-electron chi connectivity index (χ3n) is 3.15. The normalized spacial score (nSPS) is 15.1. The summed E-state index contributed by atoms with van der Waals surface area (Å²) in [5, 5.41) is 9.42. The lowest BCUT2D eigenvalue weighted by atomic mass is 9.92. The fraction of sp³-hybridized carbons (Fsp3) is 0.938. The van der Waals surface area contributed by atoms with Gasteiger partial charge in [-0.25, -0.2) is 9.78 Å². The first kappa shape index (κ1) is 19.4. The lowest BCUT2D eigenvalue weighted by molar-refractivity contribution is -0.380. The van der Waals surface area contributed by atoms with Crippen LogP contribution in [0, 0.1) is 5.92 Å². The molecule has 2 atom stereocenters. The van der Waals surface area contributed by atoms with E-state index in [0.29, 0.717) is 6.42 Å². The van der Waals surface area contributed by atoms with E-state index in [-0.39, 0.29) is 6.10 Å². The third kappa shape index (κ3) is 9.32. The molecule has 0 aromatic heterocycles. The van der Waals surface area contributed by atoms with E-state index in [1.54, 1.807) is 0 Å². The Balaban J connectivity index is 4.61. The molecule has 0 radical (unpaired) electrons. The van der Waals surface area contributed by atoms with Crippen molar-refractivity contribution >= 4 is 5.97 Å². The van der Waals surface area contributed by atoms with E-state index in [0.717, 1.165) is 38.5 Å². The highest BCUT2D eigenvalue weighted by atomic mass is 17.2. The Bertz CT molecular complexity index is 258. The molecule has 0 amide bonds. The molecule has 0 aromatic carbocycles. The molecule has 2 unspecified atom stereocenters. The zero-order valence-corrected chi connectivity index (χ0v) is 13.8. The molecule has 0 saturated carbocycles. The summed E-state index contributed by atoms with van der Waals surface area (Å²) in [4.78, 5) is 22.3. The Kier molecular flexibility index (Phi) is 9.86. The van der Waals surface area contributed by atoms with Crippen molar-refractivity contribution in [3.63, 3.8) is 0 Å². The van der Waals surface area contributed by atoms with Crippen LogP contribution in [0.5, 0.6) is 0 Å². The van der Waals surface area contributed by atoms with Gasteiger partial charge in [-0.05, 0) is 33.6 Å². The maximum absolute atomic E-state index is 11.5. The Morgan fingerprint density at radius 1 is 1.05 bits per heavy atom. The van der Waals surface area contributed by atoms with E-state index in [4.69, 9.17) is 9.78 Å². The lowest BCUT2D eigenvalue weighted by Gasteiger charge is -2.27. The summed E-state index contributed by atoms with van der Waals surface area (Å²) in [5.74, 6) is -1.26. The van der Waals surface area contributed by atoms with Crippen LogP contribution in [-0.2, 0) is 14.6 Å². The van der Waals surface area contributed by atoms with E-state index in [1.807, 2.05) is 20.8 Å². The number of unbranched alkanes of at least 4 members (excludes halogenated alkanes) is 3. The second-order valence-corrected chi connectivity index (χ2v) is 6.41. The summed E-state index contributed by atoms with van der Waals surface area (Å²) in [6.45, 7) is 9.90. The van der Waals surface area contributed by atoms with Crippen LogP contribution in [0.2, 0.25) is 0 Å². The maximum atomic E-state index is 11.5. The first-order chi connectivity index (χ1) is 9.31. The molecule has 20 heavy (non-hydrogen) atoms. The van der Waals surface area contributed by atoms with E-state index >= 15 is 0 Å². The molecule has 0 heterocycles. The van der Waals surface area contributed by atoms with Gasteiger partial charge in [0, 0.05) is 0 Å². The van der Waals surface area contributed by atoms with Gasteiger partial charge >= 0.3 is 5.97 Å². The Morgan fingerprint density at radius 2 is 1.65 bits per heavy atom. The number of hydrogen-bond donors (Lipinski definition) is 1. The van der Waals surface area contributed by atoms with Crippen molar-refractivity contribution in [2.45, 2.75) is 91.3 Å². The Labute approximate surface area is 123 Å². The number of hydrogen-bond acceptors (Lipinski definition) is 3. The average molecular weight is 288 g/mol. The van der Waals surface area contributed by atoms with Crippen molar-refractivity contribution in [1.29, 1.82) is 0 Å². The first-order valence-corrected chi connectivity index (χ1v) is 7.89. The number of aliphatic carboxylic acids is 1. The van der Waals surface area contributed by atoms with Gasteiger partial charge in [-0.3, -0.25) is 4.79 Å². The van der Waals surface area contributed by atoms with Crippen LogP contribution in [-0.4, -0.2) is 22.8 Å². The summed E-state index contributed by atoms with van der Waals surface area (Å²) >= 11 is 0. The fourth-order valence-electron chi connectivity index (χ4n) is 2.01. The topological polar surface area (TPSA) is 55.8 Å². The van der Waals surface area contributed by atoms with Gasteiger partial charge in [0.05, 0.1) is 11.5 Å². The van der Waals surface area contributed by atoms with Gasteiger partial charge in [0.15, 0.2) is 0 Å². The van der Waals surface area contributed by atoms with Gasteiger partial charge in [0.25, 0.3) is 0 Å². The molecule has 0 spiro atoms. The standard InChI is InChI=1S/C16H32O4/c1-6-8-10-12-14(19-20-16(3,4)5)13(15(17)18)11-9-7-2/h13-14H,6-12H2,1-5H3,(H,17,18). The predicted octanol–water partition coefficient (Wildman–Crippen LogP) is 4.57. The zero-order chi connectivity index (χ0) is 15.6. The quantitative estimate of drug-likeness (QED) is 0.343. The van der Waals surface area contributed by atoms with Crippen molar-refractivity contribution in [3.05, 3.63) is 0 Å². The molecule has 0 saturated heterocycles. The number of rotatable bonds is 11. The molecule has 0 rings (SSSR count). The van der Waals surface area contributed by atoms with Crippen LogP contribution >= 0.6 is 0 Å². The van der Waals surface area contributed by atoms with Gasteiger partial charge in [-0.1, -0.05) is 46.0 Å². The smallest absolute Gasteiger partial charge is 0.309 e. The Morgan fingerprint density at radius 3 is 2.10 bits per heavy atom. The van der Waals surface area contributed by atoms with Gasteiger partial charge in [0.1, 0.15) is 6.10 Å². The molecule has 4 nitrogen and oxygen atoms in total. The van der Waals surface area contributed by atoms with E-state index < -0.39 is 17.5 Å². The van der Waals surface area contributed by atoms with E-state index in [1.165, 1.54) is 0 Å². The molecule has 0 bridgehead atoms. The fourth-order valence-corrected chi connectivity index (χ4v) is 2.01. The number of carboxylic acids is 1. The Hall–Kier alpha value is -0.610. The molecule has 1 N–H and O–H groups in total. The van der Waals surface area contributed by atoms with Crippen molar-refractivity contribution in [1.82, 2.24) is 0 Å². The molecule has 0 aliphatic carbocycles. The highest BCUT2D eigenvalue weighted by Crippen LogP contribution is 2.23. The monoisotopic (exact) mass is 288 g/mol. The molecular formula is C16H32O4. The highest BCUT2D eigenvalue weighted by Gasteiger charge is 2.30. The second kappa shape index (κ2) is 10.2. The van der Waals surface area contributed by atoms with Gasteiger partial charge in [0.2, 0.25) is 0 Å². The zero-order valence-electron chi connectivity index (χ0n) is 13.8. The molecular weight excluding hydrogens is 256 g/mol. The minimum Gasteiger partial charge on any atom is -0.481 e. The van der Waals surface area contributed by atoms with Gasteiger partial charge in [-0.15, -0.1) is 0 Å². The van der Waals surface area contributed by atoms with Crippen LogP contribution in [0.25, 0.3) is 0 Å². The minimum atomic E-state index is -0.780. The van der Waals surface area contributed by atoms with Gasteiger partial charge in [-0.2, -0.15) is 0 Å². The van der Waals surface area contributed by atoms with Crippen molar-refractivity contribution in [2.75, 3.05) is 0 Å². The van der Waals surface area contributed by atoms with Crippen molar-refractivity contribution in [3.8, 4) is 0 Å². The van der Waals surface area contributed by atoms with Crippen LogP contribution in [0.1, 0.15) is 79.6 Å². The van der Waals surface area contributed by atoms with Crippen LogP contribution in [0.15, 0.2) is 0 Å². The number of carboxylic acid groups (broad SMARTS) is 1. The minimum absolute atomic E-state index is 0.357. The third-order valence-corrected chi connectivity index (χ3v) is 3.15. The highest BCUT2D eigenvalue weighted by molar-refractivity contribution is 5.70.